The molecule has 1 aliphatic rings. The van der Waals surface area contributed by atoms with E-state index in [2.05, 4.69) is 10.0 Å². The minimum atomic E-state index is -3.77. The van der Waals surface area contributed by atoms with Crippen LogP contribution in [0, 0.1) is 13.8 Å². The lowest BCUT2D eigenvalue weighted by Crippen LogP contribution is -2.31. The summed E-state index contributed by atoms with van der Waals surface area (Å²) in [5.41, 5.74) is 3.32. The molecule has 0 radical (unpaired) electrons. The maximum Gasteiger partial charge on any atom is 0.261 e. The Morgan fingerprint density at radius 2 is 1.85 bits per heavy atom. The quantitative estimate of drug-likeness (QED) is 0.843. The third-order valence-corrected chi connectivity index (χ3v) is 5.68. The number of sulfonamides is 1. The number of carbonyl (C=O) groups excluding carboxylic acids is 1. The van der Waals surface area contributed by atoms with Crippen molar-refractivity contribution in [3.8, 4) is 5.75 Å². The number of aryl methyl sites for hydroxylation is 2. The summed E-state index contributed by atoms with van der Waals surface area (Å²) in [5.74, 6) is 0.525. The first-order valence-electron chi connectivity index (χ1n) is 8.50. The molecule has 2 aromatic rings. The number of hydrogen-bond acceptors (Lipinski definition) is 4. The number of ether oxygens (including phenoxy) is 1. The SMILES string of the molecule is CCOc1c(C)cc(S(=O)(=O)Nc2ccc3c(c2)C(=O)NCC3)cc1C. The van der Waals surface area contributed by atoms with Gasteiger partial charge >= 0.3 is 0 Å². The first-order chi connectivity index (χ1) is 12.3. The van der Waals surface area contributed by atoms with Crippen LogP contribution < -0.4 is 14.8 Å². The predicted octanol–water partition coefficient (Wildman–Crippen LogP) is 2.79. The molecule has 0 fully saturated rings. The number of anilines is 1. The summed E-state index contributed by atoms with van der Waals surface area (Å²) < 4.78 is 33.7. The van der Waals surface area contributed by atoms with Gasteiger partial charge in [0.1, 0.15) is 5.75 Å². The van der Waals surface area contributed by atoms with E-state index < -0.39 is 10.0 Å². The smallest absolute Gasteiger partial charge is 0.261 e. The Morgan fingerprint density at radius 1 is 1.15 bits per heavy atom. The van der Waals surface area contributed by atoms with E-state index in [1.54, 1.807) is 30.3 Å². The first-order valence-corrected chi connectivity index (χ1v) is 9.98. The molecule has 0 spiro atoms. The second kappa shape index (κ2) is 6.99. The Bertz CT molecular complexity index is 944. The third kappa shape index (κ3) is 3.53. The molecule has 0 aromatic heterocycles. The second-order valence-corrected chi connectivity index (χ2v) is 7.98. The van der Waals surface area contributed by atoms with Crippen LogP contribution in [-0.2, 0) is 16.4 Å². The van der Waals surface area contributed by atoms with Gasteiger partial charge in [0.2, 0.25) is 0 Å². The normalized spacial score (nSPS) is 13.7. The Balaban J connectivity index is 1.92. The van der Waals surface area contributed by atoms with E-state index in [0.29, 0.717) is 30.2 Å². The molecule has 0 unspecified atom stereocenters. The van der Waals surface area contributed by atoms with Crippen molar-refractivity contribution in [1.82, 2.24) is 5.32 Å². The third-order valence-electron chi connectivity index (χ3n) is 4.32. The molecule has 0 saturated carbocycles. The van der Waals surface area contributed by atoms with Gasteiger partial charge in [-0.05, 0) is 68.1 Å². The molecule has 7 heteroatoms. The number of hydrogen-bond donors (Lipinski definition) is 2. The fourth-order valence-corrected chi connectivity index (χ4v) is 4.35. The average molecular weight is 374 g/mol. The molecule has 0 saturated heterocycles. The first kappa shape index (κ1) is 18.3. The Morgan fingerprint density at radius 3 is 2.50 bits per heavy atom. The van der Waals surface area contributed by atoms with Gasteiger partial charge < -0.3 is 10.1 Å². The molecule has 1 amide bonds. The highest BCUT2D eigenvalue weighted by Gasteiger charge is 2.21. The minimum Gasteiger partial charge on any atom is -0.493 e. The summed E-state index contributed by atoms with van der Waals surface area (Å²) in [5, 5.41) is 2.76. The average Bonchev–Trinajstić information content (AvgIpc) is 2.58. The van der Waals surface area contributed by atoms with Gasteiger partial charge in [-0.15, -0.1) is 0 Å². The van der Waals surface area contributed by atoms with Gasteiger partial charge in [-0.3, -0.25) is 9.52 Å². The zero-order chi connectivity index (χ0) is 18.9. The van der Waals surface area contributed by atoms with E-state index in [4.69, 9.17) is 4.74 Å². The zero-order valence-electron chi connectivity index (χ0n) is 15.0. The van der Waals surface area contributed by atoms with Crippen LogP contribution >= 0.6 is 0 Å². The minimum absolute atomic E-state index is 0.165. The fourth-order valence-electron chi connectivity index (χ4n) is 3.13. The summed E-state index contributed by atoms with van der Waals surface area (Å²) >= 11 is 0. The van der Waals surface area contributed by atoms with Crippen molar-refractivity contribution in [2.75, 3.05) is 17.9 Å². The van der Waals surface area contributed by atoms with E-state index in [1.807, 2.05) is 20.8 Å². The van der Waals surface area contributed by atoms with E-state index in [-0.39, 0.29) is 10.8 Å². The van der Waals surface area contributed by atoms with Crippen molar-refractivity contribution >= 4 is 21.6 Å². The number of nitrogens with one attached hydrogen (secondary N) is 2. The van der Waals surface area contributed by atoms with Gasteiger partial charge in [0, 0.05) is 17.8 Å². The highest BCUT2D eigenvalue weighted by molar-refractivity contribution is 7.92. The topological polar surface area (TPSA) is 84.5 Å². The molecule has 26 heavy (non-hydrogen) atoms. The van der Waals surface area contributed by atoms with Gasteiger partial charge in [0.15, 0.2) is 0 Å². The summed E-state index contributed by atoms with van der Waals surface area (Å²) in [6, 6.07) is 8.23. The number of rotatable bonds is 5. The predicted molar refractivity (Wildman–Crippen MR) is 100 cm³/mol. The molecular weight excluding hydrogens is 352 g/mol. The van der Waals surface area contributed by atoms with Crippen molar-refractivity contribution in [2.24, 2.45) is 0 Å². The largest absolute Gasteiger partial charge is 0.493 e. The lowest BCUT2D eigenvalue weighted by Gasteiger charge is -2.18. The second-order valence-electron chi connectivity index (χ2n) is 6.30. The van der Waals surface area contributed by atoms with E-state index in [1.165, 1.54) is 0 Å². The lowest BCUT2D eigenvalue weighted by atomic mass is 10.00. The standard InChI is InChI=1S/C19H22N2O4S/c1-4-25-18-12(2)9-16(10-13(18)3)26(23,24)21-15-6-5-14-7-8-20-19(22)17(14)11-15/h5-6,9-11,21H,4,7-8H2,1-3H3,(H,20,22). The van der Waals surface area contributed by atoms with Gasteiger partial charge in [0.25, 0.3) is 15.9 Å². The van der Waals surface area contributed by atoms with Gasteiger partial charge in [0.05, 0.1) is 11.5 Å². The van der Waals surface area contributed by atoms with Crippen LogP contribution in [0.4, 0.5) is 5.69 Å². The van der Waals surface area contributed by atoms with Crippen molar-refractivity contribution < 1.29 is 17.9 Å². The van der Waals surface area contributed by atoms with E-state index in [9.17, 15) is 13.2 Å². The van der Waals surface area contributed by atoms with Crippen LogP contribution in [-0.4, -0.2) is 27.5 Å². The molecule has 2 aromatic carbocycles. The van der Waals surface area contributed by atoms with E-state index in [0.717, 1.165) is 23.1 Å². The number of fused-ring (bicyclic) bond motifs is 1. The summed E-state index contributed by atoms with van der Waals surface area (Å²) in [6.07, 6.45) is 0.741. The van der Waals surface area contributed by atoms with E-state index >= 15 is 0 Å². The van der Waals surface area contributed by atoms with Crippen LogP contribution in [0.3, 0.4) is 0 Å². The molecule has 0 atom stereocenters. The zero-order valence-corrected chi connectivity index (χ0v) is 15.9. The van der Waals surface area contributed by atoms with Crippen LogP contribution in [0.25, 0.3) is 0 Å². The van der Waals surface area contributed by atoms with Gasteiger partial charge in [-0.25, -0.2) is 8.42 Å². The number of carbonyl (C=O) groups is 1. The maximum absolute atomic E-state index is 12.8. The van der Waals surface area contributed by atoms with Crippen molar-refractivity contribution in [3.05, 3.63) is 52.6 Å². The number of amides is 1. The maximum atomic E-state index is 12.8. The molecule has 0 bridgehead atoms. The van der Waals surface area contributed by atoms with Crippen LogP contribution in [0.5, 0.6) is 5.75 Å². The van der Waals surface area contributed by atoms with Crippen molar-refractivity contribution in [3.63, 3.8) is 0 Å². The van der Waals surface area contributed by atoms with Crippen LogP contribution in [0.2, 0.25) is 0 Å². The molecular formula is C19H22N2O4S. The molecule has 1 heterocycles. The highest BCUT2D eigenvalue weighted by atomic mass is 32.2. The molecule has 0 aliphatic carbocycles. The van der Waals surface area contributed by atoms with Gasteiger partial charge in [-0.1, -0.05) is 6.07 Å². The molecule has 138 valence electrons. The molecule has 2 N–H and O–H groups in total. The molecule has 6 nitrogen and oxygen atoms in total. The van der Waals surface area contributed by atoms with Crippen LogP contribution in [0.15, 0.2) is 35.2 Å². The Hall–Kier alpha value is -2.54. The summed E-state index contributed by atoms with van der Waals surface area (Å²) in [7, 11) is -3.77. The van der Waals surface area contributed by atoms with Crippen LogP contribution in [0.1, 0.15) is 34.0 Å². The highest BCUT2D eigenvalue weighted by Crippen LogP contribution is 2.28. The van der Waals surface area contributed by atoms with Crippen molar-refractivity contribution in [2.45, 2.75) is 32.1 Å². The monoisotopic (exact) mass is 374 g/mol. The molecule has 1 aliphatic heterocycles. The fraction of sp³-hybridized carbons (Fsp3) is 0.316. The lowest BCUT2D eigenvalue weighted by molar-refractivity contribution is 0.0946. The van der Waals surface area contributed by atoms with Gasteiger partial charge in [-0.2, -0.15) is 0 Å². The Labute approximate surface area is 153 Å². The van der Waals surface area contributed by atoms with Crippen molar-refractivity contribution in [1.29, 1.82) is 0 Å². The Kier molecular flexibility index (Phi) is 4.91. The summed E-state index contributed by atoms with van der Waals surface area (Å²) in [4.78, 5) is 12.1. The number of benzene rings is 2. The summed E-state index contributed by atoms with van der Waals surface area (Å²) in [6.45, 7) is 6.64. The molecule has 3 rings (SSSR count).